The highest BCUT2D eigenvalue weighted by atomic mass is 32.2. The first-order valence-corrected chi connectivity index (χ1v) is 5.61. The fourth-order valence-electron chi connectivity index (χ4n) is 1.12. The maximum Gasteiger partial charge on any atom is 0.178 e. The van der Waals surface area contributed by atoms with Gasteiger partial charge in [0.05, 0.1) is 10.6 Å². The van der Waals surface area contributed by atoms with Gasteiger partial charge in [-0.2, -0.15) is 0 Å². The maximum atomic E-state index is 12.6. The predicted octanol–water partition coefficient (Wildman–Crippen LogP) is 1.93. The highest BCUT2D eigenvalue weighted by molar-refractivity contribution is 7.91. The summed E-state index contributed by atoms with van der Waals surface area (Å²) in [4.78, 5) is 0.219. The first-order chi connectivity index (χ1) is 5.97. The van der Waals surface area contributed by atoms with Crippen LogP contribution in [0.3, 0.4) is 0 Å². The van der Waals surface area contributed by atoms with Gasteiger partial charge in [0, 0.05) is 0 Å². The summed E-state index contributed by atoms with van der Waals surface area (Å²) in [6.07, 6.45) is 0. The smallest absolute Gasteiger partial charge is 0.178 e. The van der Waals surface area contributed by atoms with E-state index in [4.69, 9.17) is 0 Å². The number of sulfone groups is 1. The summed E-state index contributed by atoms with van der Waals surface area (Å²) in [5.41, 5.74) is 0.460. The molecule has 0 spiro atoms. The van der Waals surface area contributed by atoms with E-state index in [9.17, 15) is 12.8 Å². The molecule has 0 aliphatic carbocycles. The van der Waals surface area contributed by atoms with Crippen LogP contribution in [-0.2, 0) is 9.84 Å². The van der Waals surface area contributed by atoms with E-state index in [0.29, 0.717) is 5.56 Å². The third-order valence-electron chi connectivity index (χ3n) is 1.85. The maximum absolute atomic E-state index is 12.6. The van der Waals surface area contributed by atoms with Gasteiger partial charge < -0.3 is 0 Å². The SMILES string of the molecule is CCS(=O)(=O)c1ccc(F)cc1C. The first-order valence-electron chi connectivity index (χ1n) is 3.96. The molecule has 0 radical (unpaired) electrons. The van der Waals surface area contributed by atoms with Crippen molar-refractivity contribution < 1.29 is 12.8 Å². The highest BCUT2D eigenvalue weighted by Gasteiger charge is 2.14. The quantitative estimate of drug-likeness (QED) is 0.687. The van der Waals surface area contributed by atoms with E-state index in [1.54, 1.807) is 13.8 Å². The first kappa shape index (κ1) is 10.2. The second kappa shape index (κ2) is 3.46. The van der Waals surface area contributed by atoms with Crippen molar-refractivity contribution in [1.29, 1.82) is 0 Å². The molecule has 13 heavy (non-hydrogen) atoms. The van der Waals surface area contributed by atoms with E-state index in [1.165, 1.54) is 12.1 Å². The van der Waals surface area contributed by atoms with Gasteiger partial charge in [0.1, 0.15) is 5.82 Å². The number of hydrogen-bond acceptors (Lipinski definition) is 2. The standard InChI is InChI=1S/C9H11FO2S/c1-3-13(11,12)9-5-4-8(10)6-7(9)2/h4-6H,3H2,1-2H3. The van der Waals surface area contributed by atoms with Gasteiger partial charge in [-0.05, 0) is 30.7 Å². The van der Waals surface area contributed by atoms with Crippen LogP contribution in [0.25, 0.3) is 0 Å². The second-order valence-electron chi connectivity index (χ2n) is 2.81. The molecule has 0 heterocycles. The van der Waals surface area contributed by atoms with Crippen LogP contribution in [0.5, 0.6) is 0 Å². The van der Waals surface area contributed by atoms with E-state index < -0.39 is 15.7 Å². The van der Waals surface area contributed by atoms with Gasteiger partial charge in [0.25, 0.3) is 0 Å². The molecule has 0 unspecified atom stereocenters. The van der Waals surface area contributed by atoms with Crippen LogP contribution in [0, 0.1) is 12.7 Å². The molecule has 0 atom stereocenters. The van der Waals surface area contributed by atoms with E-state index in [0.717, 1.165) is 6.07 Å². The van der Waals surface area contributed by atoms with Gasteiger partial charge in [-0.15, -0.1) is 0 Å². The van der Waals surface area contributed by atoms with Gasteiger partial charge in [0.15, 0.2) is 9.84 Å². The minimum Gasteiger partial charge on any atom is -0.224 e. The Hall–Kier alpha value is -0.900. The Morgan fingerprint density at radius 1 is 1.38 bits per heavy atom. The van der Waals surface area contributed by atoms with Crippen molar-refractivity contribution in [3.8, 4) is 0 Å². The summed E-state index contributed by atoms with van der Waals surface area (Å²) in [6.45, 7) is 3.16. The number of benzene rings is 1. The van der Waals surface area contributed by atoms with Crippen molar-refractivity contribution in [2.75, 3.05) is 5.75 Å². The summed E-state index contributed by atoms with van der Waals surface area (Å²) in [6, 6.07) is 3.70. The molecule has 1 aromatic rings. The summed E-state index contributed by atoms with van der Waals surface area (Å²) in [5, 5.41) is 0. The molecule has 0 saturated carbocycles. The molecule has 0 aromatic heterocycles. The predicted molar refractivity (Wildman–Crippen MR) is 48.9 cm³/mol. The summed E-state index contributed by atoms with van der Waals surface area (Å²) < 4.78 is 35.5. The fraction of sp³-hybridized carbons (Fsp3) is 0.333. The van der Waals surface area contributed by atoms with Gasteiger partial charge in [-0.25, -0.2) is 12.8 Å². The molecule has 1 aromatic carbocycles. The number of aryl methyl sites for hydroxylation is 1. The molecule has 0 saturated heterocycles. The topological polar surface area (TPSA) is 34.1 Å². The number of halogens is 1. The molecule has 1 rings (SSSR count). The van der Waals surface area contributed by atoms with Gasteiger partial charge >= 0.3 is 0 Å². The zero-order chi connectivity index (χ0) is 10.1. The number of hydrogen-bond donors (Lipinski definition) is 0. The average molecular weight is 202 g/mol. The zero-order valence-corrected chi connectivity index (χ0v) is 8.36. The van der Waals surface area contributed by atoms with Crippen LogP contribution >= 0.6 is 0 Å². The Kier molecular flexibility index (Phi) is 2.71. The normalized spacial score (nSPS) is 11.6. The van der Waals surface area contributed by atoms with Crippen LogP contribution in [0.4, 0.5) is 4.39 Å². The second-order valence-corrected chi connectivity index (χ2v) is 5.06. The Bertz CT molecular complexity index is 410. The summed E-state index contributed by atoms with van der Waals surface area (Å²) in [7, 11) is -3.21. The average Bonchev–Trinajstić information content (AvgIpc) is 2.03. The van der Waals surface area contributed by atoms with E-state index in [2.05, 4.69) is 0 Å². The molecular weight excluding hydrogens is 191 g/mol. The van der Waals surface area contributed by atoms with Crippen LogP contribution in [0.15, 0.2) is 23.1 Å². The monoisotopic (exact) mass is 202 g/mol. The Morgan fingerprint density at radius 2 is 2.00 bits per heavy atom. The summed E-state index contributed by atoms with van der Waals surface area (Å²) >= 11 is 0. The zero-order valence-electron chi connectivity index (χ0n) is 7.54. The van der Waals surface area contributed by atoms with Crippen molar-refractivity contribution in [2.24, 2.45) is 0 Å². The van der Waals surface area contributed by atoms with Crippen molar-refractivity contribution >= 4 is 9.84 Å². The van der Waals surface area contributed by atoms with Crippen molar-refractivity contribution in [1.82, 2.24) is 0 Å². The lowest BCUT2D eigenvalue weighted by Crippen LogP contribution is -2.05. The number of rotatable bonds is 2. The molecule has 0 amide bonds. The van der Waals surface area contributed by atoms with Crippen LogP contribution in [0.2, 0.25) is 0 Å². The fourth-order valence-corrected chi connectivity index (χ4v) is 2.25. The third-order valence-corrected chi connectivity index (χ3v) is 3.74. The van der Waals surface area contributed by atoms with E-state index in [1.807, 2.05) is 0 Å². The molecule has 4 heteroatoms. The van der Waals surface area contributed by atoms with Gasteiger partial charge in [0.2, 0.25) is 0 Å². The third kappa shape index (κ3) is 2.06. The molecule has 0 aliphatic heterocycles. The summed E-state index contributed by atoms with van der Waals surface area (Å²) in [5.74, 6) is -0.369. The van der Waals surface area contributed by atoms with Gasteiger partial charge in [-0.1, -0.05) is 6.92 Å². The molecule has 0 fully saturated rings. The van der Waals surface area contributed by atoms with E-state index in [-0.39, 0.29) is 10.6 Å². The molecule has 0 aliphatic rings. The Labute approximate surface area is 77.3 Å². The Balaban J connectivity index is 3.33. The largest absolute Gasteiger partial charge is 0.224 e. The minimum absolute atomic E-state index is 0.0411. The Morgan fingerprint density at radius 3 is 2.46 bits per heavy atom. The van der Waals surface area contributed by atoms with Crippen LogP contribution < -0.4 is 0 Å². The highest BCUT2D eigenvalue weighted by Crippen LogP contribution is 2.17. The lowest BCUT2D eigenvalue weighted by molar-refractivity contribution is 0.595. The molecule has 0 bridgehead atoms. The molecule has 2 nitrogen and oxygen atoms in total. The molecule has 0 N–H and O–H groups in total. The van der Waals surface area contributed by atoms with E-state index >= 15 is 0 Å². The van der Waals surface area contributed by atoms with Crippen LogP contribution in [0.1, 0.15) is 12.5 Å². The minimum atomic E-state index is -3.21. The molecular formula is C9H11FO2S. The van der Waals surface area contributed by atoms with Crippen LogP contribution in [-0.4, -0.2) is 14.2 Å². The molecule has 72 valence electrons. The van der Waals surface area contributed by atoms with Crippen molar-refractivity contribution in [3.05, 3.63) is 29.6 Å². The van der Waals surface area contributed by atoms with Crippen molar-refractivity contribution in [2.45, 2.75) is 18.7 Å². The lowest BCUT2D eigenvalue weighted by atomic mass is 10.2. The van der Waals surface area contributed by atoms with Gasteiger partial charge in [-0.3, -0.25) is 0 Å². The lowest BCUT2D eigenvalue weighted by Gasteiger charge is -2.04. The van der Waals surface area contributed by atoms with Crippen molar-refractivity contribution in [3.63, 3.8) is 0 Å².